The van der Waals surface area contributed by atoms with E-state index in [2.05, 4.69) is 34.1 Å². The zero-order valence-corrected chi connectivity index (χ0v) is 16.4. The van der Waals surface area contributed by atoms with E-state index in [1.54, 1.807) is 10.8 Å². The molecule has 0 radical (unpaired) electrons. The maximum absolute atomic E-state index is 11.9. The molecule has 9 heteroatoms. The average Bonchev–Trinajstić information content (AvgIpc) is 2.97. The van der Waals surface area contributed by atoms with Crippen molar-refractivity contribution >= 4 is 22.9 Å². The van der Waals surface area contributed by atoms with Crippen LogP contribution in [0.5, 0.6) is 0 Å². The number of guanidine groups is 1. The van der Waals surface area contributed by atoms with E-state index in [9.17, 15) is 9.59 Å². The van der Waals surface area contributed by atoms with E-state index >= 15 is 0 Å². The molecule has 0 fully saturated rings. The van der Waals surface area contributed by atoms with Crippen molar-refractivity contribution in [2.24, 2.45) is 16.5 Å². The Bertz CT molecular complexity index is 802. The Hall–Kier alpha value is -2.84. The minimum atomic E-state index is -0.307. The zero-order chi connectivity index (χ0) is 20.2. The van der Waals surface area contributed by atoms with Crippen LogP contribution < -0.4 is 22.5 Å². The lowest BCUT2D eigenvalue weighted by Gasteiger charge is -2.06. The van der Waals surface area contributed by atoms with E-state index < -0.39 is 0 Å². The van der Waals surface area contributed by atoms with Crippen molar-refractivity contribution in [2.45, 2.75) is 53.0 Å². The van der Waals surface area contributed by atoms with Crippen LogP contribution in [0.2, 0.25) is 0 Å². The molecule has 0 aliphatic carbocycles. The van der Waals surface area contributed by atoms with Gasteiger partial charge in [0.1, 0.15) is 5.65 Å². The molecule has 2 aromatic heterocycles. The lowest BCUT2D eigenvalue weighted by molar-refractivity contribution is -0.120. The van der Waals surface area contributed by atoms with Crippen LogP contribution in [0.3, 0.4) is 0 Å². The molecule has 0 saturated carbocycles. The summed E-state index contributed by atoms with van der Waals surface area (Å²) in [7, 11) is 0. The van der Waals surface area contributed by atoms with Gasteiger partial charge in [-0.25, -0.2) is 4.79 Å². The Balaban J connectivity index is 0.000000828. The number of carbonyl (C=O) groups is 1. The molecular weight excluding hydrogens is 346 g/mol. The van der Waals surface area contributed by atoms with Crippen LogP contribution in [-0.2, 0) is 11.3 Å². The van der Waals surface area contributed by atoms with E-state index in [1.807, 2.05) is 13.0 Å². The number of hydrogen-bond donors (Lipinski definition) is 4. The van der Waals surface area contributed by atoms with Crippen LogP contribution in [0, 0.1) is 6.92 Å². The van der Waals surface area contributed by atoms with Crippen molar-refractivity contribution in [3.05, 3.63) is 28.4 Å². The van der Waals surface area contributed by atoms with Crippen molar-refractivity contribution in [2.75, 3.05) is 13.1 Å². The fourth-order valence-electron chi connectivity index (χ4n) is 2.18. The number of nitrogens with one attached hydrogen (secondary N) is 2. The van der Waals surface area contributed by atoms with Crippen molar-refractivity contribution in [3.63, 3.8) is 0 Å². The molecule has 0 atom stereocenters. The van der Waals surface area contributed by atoms with Gasteiger partial charge in [-0.05, 0) is 19.4 Å². The van der Waals surface area contributed by atoms with Crippen LogP contribution in [0.4, 0.5) is 0 Å². The first-order valence-corrected chi connectivity index (χ1v) is 9.26. The quantitative estimate of drug-likeness (QED) is 0.308. The van der Waals surface area contributed by atoms with Gasteiger partial charge in [-0.15, -0.1) is 0 Å². The number of fused-ring (bicyclic) bond motifs is 1. The third kappa shape index (κ3) is 8.39. The summed E-state index contributed by atoms with van der Waals surface area (Å²) in [4.78, 5) is 34.2. The summed E-state index contributed by atoms with van der Waals surface area (Å²) in [6.45, 7) is 7.49. The van der Waals surface area contributed by atoms with E-state index in [0.717, 1.165) is 11.1 Å². The van der Waals surface area contributed by atoms with Gasteiger partial charge in [-0.3, -0.25) is 14.4 Å². The van der Waals surface area contributed by atoms with Crippen LogP contribution in [0.25, 0.3) is 11.0 Å². The van der Waals surface area contributed by atoms with Gasteiger partial charge in [-0.1, -0.05) is 26.7 Å². The Kier molecular flexibility index (Phi) is 9.63. The van der Waals surface area contributed by atoms with E-state index in [1.165, 1.54) is 12.8 Å². The van der Waals surface area contributed by atoms with Crippen LogP contribution in [0.15, 0.2) is 22.1 Å². The second-order valence-electron chi connectivity index (χ2n) is 6.23. The maximum atomic E-state index is 11.9. The van der Waals surface area contributed by atoms with E-state index in [4.69, 9.17) is 11.5 Å². The normalized spacial score (nSPS) is 10.2. The summed E-state index contributed by atoms with van der Waals surface area (Å²) in [6, 6.07) is 1.93. The van der Waals surface area contributed by atoms with Crippen molar-refractivity contribution in [1.82, 2.24) is 19.9 Å². The molecule has 2 rings (SSSR count). The first-order chi connectivity index (χ1) is 12.9. The number of rotatable bonds is 8. The number of hydrogen-bond acceptors (Lipinski definition) is 4. The number of nitrogens with two attached hydrogens (primary N) is 2. The van der Waals surface area contributed by atoms with Gasteiger partial charge in [0.15, 0.2) is 5.96 Å². The largest absolute Gasteiger partial charge is 0.370 e. The SMILES string of the molecule is CCCC.Cc1cc2cn(CCCNC(=O)CCN=C(N)N)c(=O)nc2[nH]1. The number of aromatic nitrogens is 3. The molecule has 0 aromatic carbocycles. The maximum Gasteiger partial charge on any atom is 0.349 e. The monoisotopic (exact) mass is 377 g/mol. The minimum Gasteiger partial charge on any atom is -0.370 e. The molecule has 9 nitrogen and oxygen atoms in total. The highest BCUT2D eigenvalue weighted by atomic mass is 16.2. The van der Waals surface area contributed by atoms with Crippen molar-refractivity contribution < 1.29 is 4.79 Å². The van der Waals surface area contributed by atoms with E-state index in [0.29, 0.717) is 25.2 Å². The third-order valence-electron chi connectivity index (χ3n) is 3.74. The molecule has 27 heavy (non-hydrogen) atoms. The van der Waals surface area contributed by atoms with Gasteiger partial charge in [0.2, 0.25) is 5.91 Å². The summed E-state index contributed by atoms with van der Waals surface area (Å²) < 4.78 is 1.54. The van der Waals surface area contributed by atoms with Crippen LogP contribution >= 0.6 is 0 Å². The van der Waals surface area contributed by atoms with Gasteiger partial charge in [-0.2, -0.15) is 4.98 Å². The number of amides is 1. The lowest BCUT2D eigenvalue weighted by Crippen LogP contribution is -2.28. The number of carbonyl (C=O) groups excluding carboxylic acids is 1. The minimum absolute atomic E-state index is 0.0277. The third-order valence-corrected chi connectivity index (χ3v) is 3.74. The molecular formula is C18H31N7O2. The molecule has 6 N–H and O–H groups in total. The Morgan fingerprint density at radius 2 is 2.04 bits per heavy atom. The molecule has 0 unspecified atom stereocenters. The second kappa shape index (κ2) is 11.7. The number of aryl methyl sites for hydroxylation is 2. The molecule has 0 spiro atoms. The molecule has 150 valence electrons. The van der Waals surface area contributed by atoms with Crippen LogP contribution in [-0.4, -0.2) is 39.5 Å². The van der Waals surface area contributed by atoms with E-state index in [-0.39, 0.29) is 30.5 Å². The molecule has 2 aromatic rings. The highest BCUT2D eigenvalue weighted by Crippen LogP contribution is 2.09. The second-order valence-corrected chi connectivity index (χ2v) is 6.23. The van der Waals surface area contributed by atoms with Gasteiger partial charge >= 0.3 is 5.69 Å². The van der Waals surface area contributed by atoms with Gasteiger partial charge in [0.25, 0.3) is 0 Å². The summed E-state index contributed by atoms with van der Waals surface area (Å²) in [5, 5.41) is 3.65. The number of unbranched alkanes of at least 4 members (excludes halogenated alkanes) is 1. The van der Waals surface area contributed by atoms with Gasteiger partial charge in [0, 0.05) is 36.8 Å². The molecule has 1 amide bonds. The summed E-state index contributed by atoms with van der Waals surface area (Å²) >= 11 is 0. The van der Waals surface area contributed by atoms with Crippen LogP contribution in [0.1, 0.15) is 45.2 Å². The Morgan fingerprint density at radius 3 is 2.67 bits per heavy atom. The molecule has 0 saturated heterocycles. The fraction of sp³-hybridized carbons (Fsp3) is 0.556. The molecule has 0 aliphatic heterocycles. The average molecular weight is 377 g/mol. The summed E-state index contributed by atoms with van der Waals surface area (Å²) in [5.74, 6) is -0.155. The van der Waals surface area contributed by atoms with Crippen molar-refractivity contribution in [1.29, 1.82) is 0 Å². The standard InChI is InChI=1S/C14H21N7O2.C4H10/c1-9-7-10-8-21(14(23)20-12(10)19-9)6-2-4-17-11(22)3-5-18-13(15)16;1-3-4-2/h7-8H,2-6H2,1H3,(H,17,22)(H4,15,16,18)(H,19,20,23);3-4H2,1-2H3. The topological polar surface area (TPSA) is 144 Å². The van der Waals surface area contributed by atoms with Crippen molar-refractivity contribution in [3.8, 4) is 0 Å². The fourth-order valence-corrected chi connectivity index (χ4v) is 2.18. The number of H-pyrrole nitrogens is 1. The first-order valence-electron chi connectivity index (χ1n) is 9.26. The first kappa shape index (κ1) is 22.2. The lowest BCUT2D eigenvalue weighted by atomic mass is 10.3. The number of aliphatic imine (C=N–C) groups is 1. The number of aromatic amines is 1. The zero-order valence-electron chi connectivity index (χ0n) is 16.4. The molecule has 0 aliphatic rings. The predicted octanol–water partition coefficient (Wildman–Crippen LogP) is 1.01. The van der Waals surface area contributed by atoms with Gasteiger partial charge < -0.3 is 21.8 Å². The summed E-state index contributed by atoms with van der Waals surface area (Å²) in [6.07, 6.45) is 5.27. The highest BCUT2D eigenvalue weighted by Gasteiger charge is 2.05. The van der Waals surface area contributed by atoms with Gasteiger partial charge in [0.05, 0.1) is 6.54 Å². The predicted molar refractivity (Wildman–Crippen MR) is 109 cm³/mol. The number of nitrogens with zero attached hydrogens (tertiary/aromatic N) is 3. The molecule has 2 heterocycles. The smallest absolute Gasteiger partial charge is 0.349 e. The summed E-state index contributed by atoms with van der Waals surface area (Å²) in [5.41, 5.74) is 11.6. The Labute approximate surface area is 159 Å². The highest BCUT2D eigenvalue weighted by molar-refractivity contribution is 5.78. The Morgan fingerprint density at radius 1 is 1.33 bits per heavy atom. The molecule has 0 bridgehead atoms.